The molecule has 4 N–H and O–H groups in total. The van der Waals surface area contributed by atoms with E-state index in [1.54, 1.807) is 37.3 Å². The summed E-state index contributed by atoms with van der Waals surface area (Å²) in [5.74, 6) is -1.10. The van der Waals surface area contributed by atoms with Crippen molar-refractivity contribution >= 4 is 40.1 Å². The highest BCUT2D eigenvalue weighted by atomic mass is 32.2. The molecule has 0 radical (unpaired) electrons. The van der Waals surface area contributed by atoms with E-state index >= 15 is 0 Å². The predicted octanol–water partition coefficient (Wildman–Crippen LogP) is 7.17. The number of hydrogen-bond donors (Lipinski definition) is 3. The molecular weight excluding hydrogens is 508 g/mol. The van der Waals surface area contributed by atoms with Crippen LogP contribution in [0.25, 0.3) is 16.6 Å². The largest absolute Gasteiger partial charge is 0.462 e. The van der Waals surface area contributed by atoms with Gasteiger partial charge in [-0.15, -0.1) is 0 Å². The van der Waals surface area contributed by atoms with E-state index < -0.39 is 18.1 Å². The van der Waals surface area contributed by atoms with E-state index in [1.165, 1.54) is 35.0 Å². The van der Waals surface area contributed by atoms with E-state index in [-0.39, 0.29) is 17.2 Å². The molecule has 196 valence electrons. The second-order valence-corrected chi connectivity index (χ2v) is 9.03. The number of H-pyrrole nitrogens is 1. The van der Waals surface area contributed by atoms with Gasteiger partial charge in [-0.2, -0.15) is 5.10 Å². The number of ketones is 1. The number of aromatic nitrogens is 3. The minimum Gasteiger partial charge on any atom is -0.462 e. The molecular formula is C28H27F2N5O2S. The lowest BCUT2D eigenvalue weighted by atomic mass is 10.1. The predicted molar refractivity (Wildman–Crippen MR) is 150 cm³/mol. The van der Waals surface area contributed by atoms with Crippen LogP contribution in [-0.4, -0.2) is 26.8 Å². The van der Waals surface area contributed by atoms with E-state index in [4.69, 9.17) is 10.5 Å². The van der Waals surface area contributed by atoms with E-state index in [1.807, 2.05) is 31.4 Å². The second-order valence-electron chi connectivity index (χ2n) is 8.42. The molecule has 0 saturated heterocycles. The maximum Gasteiger partial charge on any atom is 0.214 e. The zero-order chi connectivity index (χ0) is 27.2. The van der Waals surface area contributed by atoms with Crippen LogP contribution >= 0.6 is 11.9 Å². The minimum absolute atomic E-state index is 0.185. The number of ether oxygens (including phenoxy) is 1. The van der Waals surface area contributed by atoms with Crippen molar-refractivity contribution in [2.24, 2.45) is 0 Å². The van der Waals surface area contributed by atoms with Crippen molar-refractivity contribution in [3.63, 3.8) is 0 Å². The lowest BCUT2D eigenvalue weighted by Gasteiger charge is -2.10. The summed E-state index contributed by atoms with van der Waals surface area (Å²) in [5, 5.41) is 5.23. The number of nitrogens with two attached hydrogens (primary N) is 1. The average molecular weight is 536 g/mol. The average Bonchev–Trinajstić information content (AvgIpc) is 3.49. The molecule has 4 rings (SSSR count). The standard InChI is InChI=1S/C28H27F2N5O2S/c1-4-5-6-19(29)13-20(30)16-37-22-9-10-26(17(2)11-22)35-28(31)23(15-32-35)27(36)25-12-18-7-8-21(34-38-3)14-24(18)33-25/h4-12,14-16,33-34H,13,31H2,1-3H3/b5-4-,19-6+,20-16-. The third-order valence-electron chi connectivity index (χ3n) is 5.66. The van der Waals surface area contributed by atoms with Gasteiger partial charge in [0, 0.05) is 22.8 Å². The SMILES string of the molecule is C/C=C\C=C(\F)C/C(F)=C/Oc1ccc(-n2ncc(C(=O)c3cc4ccc(NSC)cc4[nH]3)c2N)c(C)c1. The molecule has 0 fully saturated rings. The third kappa shape index (κ3) is 5.97. The fourth-order valence-corrected chi connectivity index (χ4v) is 4.20. The number of rotatable bonds is 10. The zero-order valence-corrected chi connectivity index (χ0v) is 21.9. The van der Waals surface area contributed by atoms with Gasteiger partial charge in [0.05, 0.1) is 29.6 Å². The summed E-state index contributed by atoms with van der Waals surface area (Å²) >= 11 is 1.48. The van der Waals surface area contributed by atoms with Crippen LogP contribution in [0.3, 0.4) is 0 Å². The van der Waals surface area contributed by atoms with Gasteiger partial charge in [0.25, 0.3) is 0 Å². The molecule has 0 saturated carbocycles. The molecule has 0 atom stereocenters. The van der Waals surface area contributed by atoms with Gasteiger partial charge >= 0.3 is 0 Å². The van der Waals surface area contributed by atoms with Gasteiger partial charge in [-0.1, -0.05) is 30.2 Å². The quantitative estimate of drug-likeness (QED) is 0.0862. The Hall–Kier alpha value is -4.31. The van der Waals surface area contributed by atoms with Crippen molar-refractivity contribution in [2.45, 2.75) is 20.3 Å². The lowest BCUT2D eigenvalue weighted by molar-refractivity contribution is 0.103. The summed E-state index contributed by atoms with van der Waals surface area (Å²) in [5.41, 5.74) is 10.1. The number of aryl methyl sites for hydroxylation is 1. The van der Waals surface area contributed by atoms with Gasteiger partial charge in [-0.05, 0) is 61.9 Å². The monoisotopic (exact) mass is 535 g/mol. The van der Waals surface area contributed by atoms with Gasteiger partial charge in [0.2, 0.25) is 5.78 Å². The number of fused-ring (bicyclic) bond motifs is 1. The topological polar surface area (TPSA) is 98.0 Å². The minimum atomic E-state index is -0.752. The number of benzene rings is 2. The molecule has 0 spiro atoms. The summed E-state index contributed by atoms with van der Waals surface area (Å²) < 4.78 is 37.5. The maximum atomic E-state index is 14.0. The Bertz CT molecular complexity index is 1570. The first kappa shape index (κ1) is 26.7. The normalized spacial score (nSPS) is 12.4. The highest BCUT2D eigenvalue weighted by Gasteiger charge is 2.20. The summed E-state index contributed by atoms with van der Waals surface area (Å²) in [7, 11) is 0. The Morgan fingerprint density at radius 3 is 2.76 bits per heavy atom. The molecule has 0 aliphatic rings. The highest BCUT2D eigenvalue weighted by Crippen LogP contribution is 2.27. The molecule has 7 nitrogen and oxygen atoms in total. The first-order valence-corrected chi connectivity index (χ1v) is 12.9. The van der Waals surface area contributed by atoms with Crippen LogP contribution in [0.5, 0.6) is 5.75 Å². The Labute approximate surface area is 223 Å². The van der Waals surface area contributed by atoms with Gasteiger partial charge in [0.15, 0.2) is 0 Å². The molecule has 0 unspecified atom stereocenters. The Morgan fingerprint density at radius 1 is 1.21 bits per heavy atom. The van der Waals surface area contributed by atoms with Gasteiger partial charge < -0.3 is 20.2 Å². The highest BCUT2D eigenvalue weighted by molar-refractivity contribution is 7.99. The molecule has 38 heavy (non-hydrogen) atoms. The molecule has 0 bridgehead atoms. The van der Waals surface area contributed by atoms with Crippen molar-refractivity contribution in [1.29, 1.82) is 0 Å². The first-order chi connectivity index (χ1) is 18.3. The molecule has 2 aromatic heterocycles. The fraction of sp³-hybridized carbons (Fsp3) is 0.143. The number of halogens is 2. The fourth-order valence-electron chi connectivity index (χ4n) is 3.83. The number of nitrogens with one attached hydrogen (secondary N) is 2. The summed E-state index contributed by atoms with van der Waals surface area (Å²) in [4.78, 5) is 16.4. The number of carbonyl (C=O) groups excluding carboxylic acids is 1. The van der Waals surface area contributed by atoms with E-state index in [2.05, 4.69) is 14.8 Å². The molecule has 0 amide bonds. The molecule has 0 aliphatic heterocycles. The van der Waals surface area contributed by atoms with E-state index in [9.17, 15) is 13.6 Å². The Kier molecular flexibility index (Phi) is 8.32. The van der Waals surface area contributed by atoms with Crippen LogP contribution in [0.1, 0.15) is 35.0 Å². The number of aromatic amines is 1. The summed E-state index contributed by atoms with van der Waals surface area (Å²) in [6, 6.07) is 12.6. The number of carbonyl (C=O) groups is 1. The number of anilines is 2. The zero-order valence-electron chi connectivity index (χ0n) is 21.1. The number of nitrogens with zero attached hydrogens (tertiary/aromatic N) is 2. The Morgan fingerprint density at radius 2 is 2.03 bits per heavy atom. The maximum absolute atomic E-state index is 14.0. The van der Waals surface area contributed by atoms with E-state index in [0.717, 1.165) is 28.4 Å². The second kappa shape index (κ2) is 11.8. The van der Waals surface area contributed by atoms with Crippen LogP contribution < -0.4 is 15.2 Å². The summed E-state index contributed by atoms with van der Waals surface area (Å²) in [6.45, 7) is 3.55. The number of hydrogen-bond acceptors (Lipinski definition) is 6. The van der Waals surface area contributed by atoms with Gasteiger partial charge in [-0.25, -0.2) is 13.5 Å². The number of allylic oxidation sites excluding steroid dienone is 5. The van der Waals surface area contributed by atoms with Crippen molar-refractivity contribution in [2.75, 3.05) is 16.7 Å². The molecule has 10 heteroatoms. The van der Waals surface area contributed by atoms with Crippen molar-refractivity contribution in [1.82, 2.24) is 14.8 Å². The van der Waals surface area contributed by atoms with E-state index in [0.29, 0.717) is 17.1 Å². The lowest BCUT2D eigenvalue weighted by Crippen LogP contribution is -2.08. The van der Waals surface area contributed by atoms with Crippen LogP contribution in [0.2, 0.25) is 0 Å². The Balaban J connectivity index is 1.52. The smallest absolute Gasteiger partial charge is 0.214 e. The van der Waals surface area contributed by atoms with Crippen LogP contribution in [0, 0.1) is 6.92 Å². The van der Waals surface area contributed by atoms with Crippen molar-refractivity contribution < 1.29 is 18.3 Å². The van der Waals surface area contributed by atoms with Crippen molar-refractivity contribution in [3.05, 3.63) is 102 Å². The third-order valence-corrected chi connectivity index (χ3v) is 6.10. The summed E-state index contributed by atoms with van der Waals surface area (Å²) in [6.07, 6.45) is 8.08. The number of nitrogen functional groups attached to an aromatic ring is 1. The molecule has 0 aliphatic carbocycles. The molecule has 2 aromatic carbocycles. The molecule has 2 heterocycles. The van der Waals surface area contributed by atoms with Crippen molar-refractivity contribution in [3.8, 4) is 11.4 Å². The van der Waals surface area contributed by atoms with Crippen LogP contribution in [-0.2, 0) is 0 Å². The van der Waals surface area contributed by atoms with Gasteiger partial charge in [0.1, 0.15) is 29.5 Å². The van der Waals surface area contributed by atoms with Gasteiger partial charge in [-0.3, -0.25) is 4.79 Å². The molecule has 4 aromatic rings. The first-order valence-electron chi connectivity index (χ1n) is 11.7. The van der Waals surface area contributed by atoms with Crippen LogP contribution in [0.15, 0.2) is 84.8 Å². The van der Waals surface area contributed by atoms with Crippen LogP contribution in [0.4, 0.5) is 20.3 Å².